The van der Waals surface area contributed by atoms with Crippen LogP contribution in [0.15, 0.2) is 48.5 Å². The van der Waals surface area contributed by atoms with Crippen LogP contribution in [-0.4, -0.2) is 17.2 Å². The number of phenols is 1. The second kappa shape index (κ2) is 8.82. The first-order valence-corrected chi connectivity index (χ1v) is 7.17. The van der Waals surface area contributed by atoms with E-state index in [9.17, 15) is 9.18 Å². The zero-order chi connectivity index (χ0) is 16.5. The summed E-state index contributed by atoms with van der Waals surface area (Å²) >= 11 is 0. The molecule has 0 aromatic heterocycles. The number of hydrogen-bond donors (Lipinski definition) is 1. The molecular weight excluding hydrogens is 283 g/mol. The fourth-order valence-corrected chi connectivity index (χ4v) is 1.70. The van der Waals surface area contributed by atoms with Gasteiger partial charge in [-0.25, -0.2) is 4.39 Å². The molecule has 0 heterocycles. The second-order valence-corrected chi connectivity index (χ2v) is 4.92. The lowest BCUT2D eigenvalue weighted by molar-refractivity contribution is -0.146. The number of benzene rings is 2. The highest BCUT2D eigenvalue weighted by Gasteiger charge is 2.04. The molecule has 22 heavy (non-hydrogen) atoms. The maximum atomic E-state index is 13.4. The van der Waals surface area contributed by atoms with Gasteiger partial charge < -0.3 is 9.84 Å². The molecule has 0 aliphatic carbocycles. The highest BCUT2D eigenvalue weighted by Crippen LogP contribution is 2.25. The van der Waals surface area contributed by atoms with Crippen LogP contribution in [0.4, 0.5) is 4.39 Å². The number of carbonyl (C=O) groups excluding carboxylic acids is 1. The van der Waals surface area contributed by atoms with Gasteiger partial charge in [0.25, 0.3) is 0 Å². The number of hydrogen-bond acceptors (Lipinski definition) is 3. The first kappa shape index (κ1) is 17.7. The van der Waals surface area contributed by atoms with Gasteiger partial charge >= 0.3 is 5.97 Å². The molecule has 2 rings (SSSR count). The van der Waals surface area contributed by atoms with Gasteiger partial charge in [0.2, 0.25) is 0 Å². The van der Waals surface area contributed by atoms with E-state index in [2.05, 4.69) is 0 Å². The predicted molar refractivity (Wildman–Crippen MR) is 85.0 cm³/mol. The Balaban J connectivity index is 0.000000261. The Bertz CT molecular complexity index is 595. The molecule has 0 radical (unpaired) electrons. The van der Waals surface area contributed by atoms with Gasteiger partial charge in [0.1, 0.15) is 11.6 Å². The van der Waals surface area contributed by atoms with E-state index in [-0.39, 0.29) is 17.8 Å². The maximum absolute atomic E-state index is 13.4. The van der Waals surface area contributed by atoms with Gasteiger partial charge in [-0.2, -0.15) is 0 Å². The van der Waals surface area contributed by atoms with E-state index in [0.29, 0.717) is 12.0 Å². The zero-order valence-electron chi connectivity index (χ0n) is 13.0. The van der Waals surface area contributed by atoms with Crippen molar-refractivity contribution in [1.82, 2.24) is 0 Å². The third-order valence-electron chi connectivity index (χ3n) is 2.69. The van der Waals surface area contributed by atoms with Crippen LogP contribution in [0, 0.1) is 5.82 Å². The molecule has 4 heteroatoms. The Labute approximate surface area is 130 Å². The number of carbonyl (C=O) groups is 1. The van der Waals surface area contributed by atoms with Crippen LogP contribution in [0.3, 0.4) is 0 Å². The topological polar surface area (TPSA) is 46.5 Å². The lowest BCUT2D eigenvalue weighted by Gasteiger charge is -2.04. The number of ether oxygens (including phenoxy) is 1. The quantitative estimate of drug-likeness (QED) is 0.846. The van der Waals surface area contributed by atoms with Crippen LogP contribution in [0.5, 0.6) is 5.75 Å². The maximum Gasteiger partial charge on any atom is 0.305 e. The van der Waals surface area contributed by atoms with Gasteiger partial charge in [-0.05, 0) is 31.5 Å². The molecule has 0 saturated heterocycles. The van der Waals surface area contributed by atoms with Crippen molar-refractivity contribution in [2.24, 2.45) is 0 Å². The number of esters is 1. The molecule has 0 aliphatic rings. The van der Waals surface area contributed by atoms with E-state index in [4.69, 9.17) is 9.84 Å². The summed E-state index contributed by atoms with van der Waals surface area (Å²) in [6.07, 6.45) is 0.500. The van der Waals surface area contributed by atoms with Crippen molar-refractivity contribution < 1.29 is 19.0 Å². The van der Waals surface area contributed by atoms with Crippen LogP contribution in [0.25, 0.3) is 11.1 Å². The highest BCUT2D eigenvalue weighted by atomic mass is 19.1. The van der Waals surface area contributed by atoms with Crippen molar-refractivity contribution >= 4 is 5.97 Å². The predicted octanol–water partition coefficient (Wildman–Crippen LogP) is 4.55. The van der Waals surface area contributed by atoms with Gasteiger partial charge in [0.15, 0.2) is 0 Å². The van der Waals surface area contributed by atoms with Crippen molar-refractivity contribution in [3.63, 3.8) is 0 Å². The number of phenolic OH excluding ortho intramolecular Hbond substituents is 1. The number of halogens is 1. The van der Waals surface area contributed by atoms with Crippen LogP contribution in [0.2, 0.25) is 0 Å². The standard InChI is InChI=1S/C12H9FO.C6H12O2/c13-12-8-10(14)6-7-11(12)9-4-2-1-3-5-9;1-4-6(7)8-5(2)3/h1-8,14H;5H,4H2,1-3H3. The molecule has 0 fully saturated rings. The average molecular weight is 304 g/mol. The molecule has 0 aliphatic heterocycles. The van der Waals surface area contributed by atoms with Gasteiger partial charge in [0, 0.05) is 18.1 Å². The minimum atomic E-state index is -0.406. The minimum absolute atomic E-state index is 0.0300. The van der Waals surface area contributed by atoms with Crippen molar-refractivity contribution in [2.75, 3.05) is 0 Å². The van der Waals surface area contributed by atoms with E-state index in [1.165, 1.54) is 6.07 Å². The molecule has 0 bridgehead atoms. The van der Waals surface area contributed by atoms with Crippen LogP contribution in [-0.2, 0) is 9.53 Å². The SMILES string of the molecule is CCC(=O)OC(C)C.Oc1ccc(-c2ccccc2)c(F)c1. The lowest BCUT2D eigenvalue weighted by atomic mass is 10.1. The largest absolute Gasteiger partial charge is 0.508 e. The molecule has 118 valence electrons. The summed E-state index contributed by atoms with van der Waals surface area (Å²) in [7, 11) is 0. The molecule has 0 spiro atoms. The van der Waals surface area contributed by atoms with Gasteiger partial charge in [-0.15, -0.1) is 0 Å². The van der Waals surface area contributed by atoms with Crippen LogP contribution < -0.4 is 0 Å². The molecule has 1 N–H and O–H groups in total. The van der Waals surface area contributed by atoms with Crippen molar-refractivity contribution in [3.05, 3.63) is 54.3 Å². The third kappa shape index (κ3) is 5.95. The molecule has 0 unspecified atom stereocenters. The number of aromatic hydroxyl groups is 1. The molecule has 2 aromatic rings. The molecule has 0 atom stereocenters. The average Bonchev–Trinajstić information content (AvgIpc) is 2.48. The Kier molecular flexibility index (Phi) is 7.09. The minimum Gasteiger partial charge on any atom is -0.508 e. The fraction of sp³-hybridized carbons (Fsp3) is 0.278. The Morgan fingerprint density at radius 3 is 2.27 bits per heavy atom. The third-order valence-corrected chi connectivity index (χ3v) is 2.69. The normalized spacial score (nSPS) is 9.86. The summed E-state index contributed by atoms with van der Waals surface area (Å²) in [6.45, 7) is 5.46. The Morgan fingerprint density at radius 2 is 1.82 bits per heavy atom. The summed E-state index contributed by atoms with van der Waals surface area (Å²) in [5.41, 5.74) is 1.31. The molecule has 0 saturated carbocycles. The second-order valence-electron chi connectivity index (χ2n) is 4.92. The van der Waals surface area contributed by atoms with Crippen LogP contribution in [0.1, 0.15) is 27.2 Å². The summed E-state index contributed by atoms with van der Waals surface area (Å²) in [6, 6.07) is 13.4. The van der Waals surface area contributed by atoms with Crippen LogP contribution >= 0.6 is 0 Å². The summed E-state index contributed by atoms with van der Waals surface area (Å²) in [4.78, 5) is 10.4. The van der Waals surface area contributed by atoms with E-state index in [0.717, 1.165) is 11.6 Å². The number of rotatable bonds is 3. The van der Waals surface area contributed by atoms with Crippen molar-refractivity contribution in [2.45, 2.75) is 33.3 Å². The first-order chi connectivity index (χ1) is 10.4. The smallest absolute Gasteiger partial charge is 0.305 e. The van der Waals surface area contributed by atoms with E-state index >= 15 is 0 Å². The molecule has 0 amide bonds. The van der Waals surface area contributed by atoms with Gasteiger partial charge in [-0.3, -0.25) is 4.79 Å². The van der Waals surface area contributed by atoms with Crippen molar-refractivity contribution in [1.29, 1.82) is 0 Å². The first-order valence-electron chi connectivity index (χ1n) is 7.17. The van der Waals surface area contributed by atoms with E-state index < -0.39 is 5.82 Å². The fourth-order valence-electron chi connectivity index (χ4n) is 1.70. The van der Waals surface area contributed by atoms with E-state index in [1.807, 2.05) is 44.2 Å². The summed E-state index contributed by atoms with van der Waals surface area (Å²) in [5, 5.41) is 9.04. The van der Waals surface area contributed by atoms with Gasteiger partial charge in [0.05, 0.1) is 6.10 Å². The lowest BCUT2D eigenvalue weighted by Crippen LogP contribution is -2.09. The summed E-state index contributed by atoms with van der Waals surface area (Å²) in [5.74, 6) is -0.585. The Hall–Kier alpha value is -2.36. The molecule has 2 aromatic carbocycles. The Morgan fingerprint density at radius 1 is 1.18 bits per heavy atom. The zero-order valence-corrected chi connectivity index (χ0v) is 13.0. The molecule has 3 nitrogen and oxygen atoms in total. The highest BCUT2D eigenvalue weighted by molar-refractivity contribution is 5.69. The molecular formula is C18H21FO3. The van der Waals surface area contributed by atoms with Crippen molar-refractivity contribution in [3.8, 4) is 16.9 Å². The monoisotopic (exact) mass is 304 g/mol. The van der Waals surface area contributed by atoms with E-state index in [1.54, 1.807) is 13.0 Å². The summed E-state index contributed by atoms with van der Waals surface area (Å²) < 4.78 is 18.1. The van der Waals surface area contributed by atoms with Gasteiger partial charge in [-0.1, -0.05) is 37.3 Å².